The lowest BCUT2D eigenvalue weighted by atomic mass is 10.2. The molecule has 2 aromatic rings. The first-order valence-corrected chi connectivity index (χ1v) is 7.39. The Labute approximate surface area is 118 Å². The molecular weight excluding hydrogens is 312 g/mol. The van der Waals surface area contributed by atoms with E-state index in [1.807, 2.05) is 31.2 Å². The molecule has 18 heavy (non-hydrogen) atoms. The normalized spacial score (nSPS) is 10.6. The van der Waals surface area contributed by atoms with E-state index in [0.29, 0.717) is 16.0 Å². The number of H-pyrrole nitrogens is 1. The van der Waals surface area contributed by atoms with E-state index in [1.54, 1.807) is 11.8 Å². The summed E-state index contributed by atoms with van der Waals surface area (Å²) < 4.78 is 0.490. The van der Waals surface area contributed by atoms with Gasteiger partial charge in [0.1, 0.15) is 10.3 Å². The Morgan fingerprint density at radius 1 is 1.33 bits per heavy atom. The first-order valence-electron chi connectivity index (χ1n) is 5.61. The fourth-order valence-electron chi connectivity index (χ4n) is 1.58. The second-order valence-electron chi connectivity index (χ2n) is 3.77. The summed E-state index contributed by atoms with van der Waals surface area (Å²) in [6, 6.07) is 8.04. The Kier molecular flexibility index (Phi) is 4.24. The molecule has 0 amide bonds. The summed E-state index contributed by atoms with van der Waals surface area (Å²) in [5.74, 6) is 1.65. The number of hydrogen-bond acceptors (Lipinski definition) is 3. The number of nitrogens with zero attached hydrogens (tertiary/aromatic N) is 1. The average molecular weight is 325 g/mol. The number of halogens is 1. The van der Waals surface area contributed by atoms with Crippen LogP contribution < -0.4 is 5.56 Å². The van der Waals surface area contributed by atoms with Crippen LogP contribution in [0.25, 0.3) is 11.4 Å². The molecule has 3 nitrogen and oxygen atoms in total. The van der Waals surface area contributed by atoms with Gasteiger partial charge in [0.05, 0.1) is 5.69 Å². The van der Waals surface area contributed by atoms with Crippen LogP contribution in [0, 0.1) is 6.92 Å². The van der Waals surface area contributed by atoms with Gasteiger partial charge in [-0.25, -0.2) is 4.98 Å². The van der Waals surface area contributed by atoms with Gasteiger partial charge in [0, 0.05) is 10.5 Å². The number of thioether (sulfide) groups is 1. The van der Waals surface area contributed by atoms with E-state index < -0.39 is 0 Å². The first kappa shape index (κ1) is 13.4. The standard InChI is InChI=1S/C13H13BrN2OS/c1-3-18-10-6-4-9(5-7-10)12-15-8(2)11(14)13(17)16-12/h4-7H,3H2,1-2H3,(H,15,16,17). The van der Waals surface area contributed by atoms with Gasteiger partial charge in [0.15, 0.2) is 0 Å². The lowest BCUT2D eigenvalue weighted by Crippen LogP contribution is -2.11. The van der Waals surface area contributed by atoms with Crippen molar-refractivity contribution in [3.63, 3.8) is 0 Å². The van der Waals surface area contributed by atoms with E-state index in [4.69, 9.17) is 0 Å². The van der Waals surface area contributed by atoms with Gasteiger partial charge in [0.2, 0.25) is 0 Å². The number of rotatable bonds is 3. The van der Waals surface area contributed by atoms with Crippen LogP contribution in [0.2, 0.25) is 0 Å². The highest BCUT2D eigenvalue weighted by Crippen LogP contribution is 2.22. The Bertz CT molecular complexity index is 607. The predicted octanol–water partition coefficient (Wildman–Crippen LogP) is 3.62. The van der Waals surface area contributed by atoms with Crippen LogP contribution in [0.15, 0.2) is 38.4 Å². The lowest BCUT2D eigenvalue weighted by molar-refractivity contribution is 1.05. The number of aryl methyl sites for hydroxylation is 1. The number of aromatic nitrogens is 2. The van der Waals surface area contributed by atoms with Crippen LogP contribution in [0.3, 0.4) is 0 Å². The number of aromatic amines is 1. The van der Waals surface area contributed by atoms with E-state index >= 15 is 0 Å². The van der Waals surface area contributed by atoms with Crippen molar-refractivity contribution in [1.82, 2.24) is 9.97 Å². The van der Waals surface area contributed by atoms with Gasteiger partial charge in [-0.1, -0.05) is 19.1 Å². The smallest absolute Gasteiger partial charge is 0.265 e. The molecule has 94 valence electrons. The Balaban J connectivity index is 2.40. The Morgan fingerprint density at radius 2 is 2.00 bits per heavy atom. The summed E-state index contributed by atoms with van der Waals surface area (Å²) in [4.78, 5) is 20.0. The molecule has 1 aromatic heterocycles. The van der Waals surface area contributed by atoms with Crippen LogP contribution in [0.1, 0.15) is 12.6 Å². The van der Waals surface area contributed by atoms with Crippen molar-refractivity contribution in [2.45, 2.75) is 18.7 Å². The van der Waals surface area contributed by atoms with Crippen molar-refractivity contribution in [1.29, 1.82) is 0 Å². The minimum absolute atomic E-state index is 0.149. The third-order valence-electron chi connectivity index (χ3n) is 2.47. The molecule has 2 rings (SSSR count). The minimum Gasteiger partial charge on any atom is -0.306 e. The van der Waals surface area contributed by atoms with E-state index in [0.717, 1.165) is 11.3 Å². The summed E-state index contributed by atoms with van der Waals surface area (Å²) in [6.45, 7) is 3.93. The molecule has 1 aromatic carbocycles. The lowest BCUT2D eigenvalue weighted by Gasteiger charge is -2.04. The largest absolute Gasteiger partial charge is 0.306 e. The van der Waals surface area contributed by atoms with Crippen molar-refractivity contribution < 1.29 is 0 Å². The molecule has 0 atom stereocenters. The highest BCUT2D eigenvalue weighted by atomic mass is 79.9. The maximum absolute atomic E-state index is 11.7. The van der Waals surface area contributed by atoms with Crippen molar-refractivity contribution in [3.8, 4) is 11.4 Å². The fraction of sp³-hybridized carbons (Fsp3) is 0.231. The summed E-state index contributed by atoms with van der Waals surface area (Å²) >= 11 is 5.00. The van der Waals surface area contributed by atoms with Gasteiger partial charge in [-0.3, -0.25) is 4.79 Å². The van der Waals surface area contributed by atoms with E-state index in [1.165, 1.54) is 4.90 Å². The molecule has 1 N–H and O–H groups in total. The van der Waals surface area contributed by atoms with Crippen LogP contribution >= 0.6 is 27.7 Å². The molecule has 0 bridgehead atoms. The first-order chi connectivity index (χ1) is 8.61. The second kappa shape index (κ2) is 5.71. The maximum atomic E-state index is 11.7. The highest BCUT2D eigenvalue weighted by Gasteiger charge is 2.06. The van der Waals surface area contributed by atoms with Gasteiger partial charge in [-0.15, -0.1) is 11.8 Å². The predicted molar refractivity (Wildman–Crippen MR) is 79.1 cm³/mol. The molecule has 0 fully saturated rings. The Morgan fingerprint density at radius 3 is 2.56 bits per heavy atom. The molecule has 1 heterocycles. The monoisotopic (exact) mass is 324 g/mol. The zero-order valence-electron chi connectivity index (χ0n) is 10.2. The van der Waals surface area contributed by atoms with Crippen molar-refractivity contribution in [2.75, 3.05) is 5.75 Å². The highest BCUT2D eigenvalue weighted by molar-refractivity contribution is 9.10. The van der Waals surface area contributed by atoms with Crippen LogP contribution in [-0.4, -0.2) is 15.7 Å². The van der Waals surface area contributed by atoms with Crippen LogP contribution in [-0.2, 0) is 0 Å². The molecule has 0 unspecified atom stereocenters. The molecule has 0 spiro atoms. The van der Waals surface area contributed by atoms with E-state index in [-0.39, 0.29) is 5.56 Å². The molecule has 0 aliphatic carbocycles. The Hall–Kier alpha value is -1.07. The third kappa shape index (κ3) is 2.84. The molecule has 5 heteroatoms. The van der Waals surface area contributed by atoms with Crippen LogP contribution in [0.4, 0.5) is 0 Å². The van der Waals surface area contributed by atoms with Gasteiger partial charge in [0.25, 0.3) is 5.56 Å². The summed E-state index contributed by atoms with van der Waals surface area (Å²) in [7, 11) is 0. The average Bonchev–Trinajstić information content (AvgIpc) is 2.37. The zero-order chi connectivity index (χ0) is 13.1. The van der Waals surface area contributed by atoms with E-state index in [2.05, 4.69) is 32.8 Å². The van der Waals surface area contributed by atoms with Gasteiger partial charge < -0.3 is 4.98 Å². The summed E-state index contributed by atoms with van der Waals surface area (Å²) in [5, 5.41) is 0. The van der Waals surface area contributed by atoms with Crippen molar-refractivity contribution in [3.05, 3.63) is 44.8 Å². The van der Waals surface area contributed by atoms with E-state index in [9.17, 15) is 4.79 Å². The molecular formula is C13H13BrN2OS. The zero-order valence-corrected chi connectivity index (χ0v) is 12.6. The SMILES string of the molecule is CCSc1ccc(-c2nc(C)c(Br)c(=O)[nH]2)cc1. The molecule has 0 saturated carbocycles. The molecule has 0 saturated heterocycles. The second-order valence-corrected chi connectivity index (χ2v) is 5.90. The minimum atomic E-state index is -0.149. The number of nitrogens with one attached hydrogen (secondary N) is 1. The molecule has 0 aliphatic heterocycles. The third-order valence-corrected chi connectivity index (χ3v) is 4.30. The van der Waals surface area contributed by atoms with Gasteiger partial charge in [-0.05, 0) is 40.7 Å². The maximum Gasteiger partial charge on any atom is 0.265 e. The quantitative estimate of drug-likeness (QED) is 0.877. The fourth-order valence-corrected chi connectivity index (χ4v) is 2.43. The van der Waals surface area contributed by atoms with Crippen molar-refractivity contribution >= 4 is 27.7 Å². The van der Waals surface area contributed by atoms with Crippen molar-refractivity contribution in [2.24, 2.45) is 0 Å². The number of benzene rings is 1. The number of hydrogen-bond donors (Lipinski definition) is 1. The molecule has 0 radical (unpaired) electrons. The van der Waals surface area contributed by atoms with Gasteiger partial charge >= 0.3 is 0 Å². The topological polar surface area (TPSA) is 45.8 Å². The summed E-state index contributed by atoms with van der Waals surface area (Å²) in [6.07, 6.45) is 0. The van der Waals surface area contributed by atoms with Crippen LogP contribution in [0.5, 0.6) is 0 Å². The summed E-state index contributed by atoms with van der Waals surface area (Å²) in [5.41, 5.74) is 1.47. The molecule has 0 aliphatic rings. The van der Waals surface area contributed by atoms with Gasteiger partial charge in [-0.2, -0.15) is 0 Å².